The van der Waals surface area contributed by atoms with Crippen LogP contribution in [0, 0.1) is 0 Å². The number of hydrogen-bond donors (Lipinski definition) is 1. The van der Waals surface area contributed by atoms with Crippen molar-refractivity contribution in [2.24, 2.45) is 0 Å². The van der Waals surface area contributed by atoms with Gasteiger partial charge in [-0.25, -0.2) is 13.4 Å². The van der Waals surface area contributed by atoms with Gasteiger partial charge in [0.05, 0.1) is 5.69 Å². The third kappa shape index (κ3) is 2.88. The van der Waals surface area contributed by atoms with Crippen LogP contribution in [0.15, 0.2) is 47.8 Å². The van der Waals surface area contributed by atoms with Crippen molar-refractivity contribution in [3.8, 4) is 0 Å². The molecule has 2 aromatic heterocycles. The molecule has 0 aliphatic heterocycles. The highest BCUT2D eigenvalue weighted by atomic mass is 32.2. The summed E-state index contributed by atoms with van der Waals surface area (Å²) in [5.41, 5.74) is 0.552. The van der Waals surface area contributed by atoms with Gasteiger partial charge >= 0.3 is 0 Å². The zero-order chi connectivity index (χ0) is 14.6. The van der Waals surface area contributed by atoms with E-state index < -0.39 is 10.0 Å². The van der Waals surface area contributed by atoms with Crippen LogP contribution in [0.3, 0.4) is 0 Å². The topological polar surface area (TPSA) is 75.2 Å². The van der Waals surface area contributed by atoms with Crippen molar-refractivity contribution < 1.29 is 8.42 Å². The van der Waals surface area contributed by atoms with Gasteiger partial charge < -0.3 is 5.32 Å². The largest absolute Gasteiger partial charge is 0.370 e. The van der Waals surface area contributed by atoms with Gasteiger partial charge in [0.25, 0.3) is 10.0 Å². The summed E-state index contributed by atoms with van der Waals surface area (Å²) >= 11 is 0. The first-order chi connectivity index (χ1) is 9.55. The second kappa shape index (κ2) is 5.87. The van der Waals surface area contributed by atoms with E-state index in [9.17, 15) is 8.42 Å². The number of aromatic nitrogens is 2. The van der Waals surface area contributed by atoms with E-state index in [2.05, 4.69) is 15.3 Å². The lowest BCUT2D eigenvalue weighted by Gasteiger charge is -2.19. The minimum absolute atomic E-state index is 0.151. The molecule has 0 spiro atoms. The number of nitrogens with zero attached hydrogens (tertiary/aromatic N) is 3. The second-order valence-electron chi connectivity index (χ2n) is 4.09. The van der Waals surface area contributed by atoms with Crippen molar-refractivity contribution >= 4 is 21.5 Å². The maximum absolute atomic E-state index is 12.4. The second-order valence-corrected chi connectivity index (χ2v) is 6.06. The molecule has 1 N–H and O–H groups in total. The summed E-state index contributed by atoms with van der Waals surface area (Å²) < 4.78 is 26.1. The summed E-state index contributed by atoms with van der Waals surface area (Å²) in [7, 11) is -2.11. The summed E-state index contributed by atoms with van der Waals surface area (Å²) in [5.74, 6) is 0.651. The van der Waals surface area contributed by atoms with Gasteiger partial charge in [0.2, 0.25) is 0 Å². The lowest BCUT2D eigenvalue weighted by Crippen LogP contribution is -2.26. The Morgan fingerprint density at radius 1 is 1.20 bits per heavy atom. The van der Waals surface area contributed by atoms with Crippen molar-refractivity contribution in [1.29, 1.82) is 0 Å². The highest BCUT2D eigenvalue weighted by Crippen LogP contribution is 2.21. The molecule has 20 heavy (non-hydrogen) atoms. The molecule has 0 saturated heterocycles. The maximum Gasteiger partial charge on any atom is 0.265 e. The van der Waals surface area contributed by atoms with Crippen LogP contribution in [0.25, 0.3) is 0 Å². The van der Waals surface area contributed by atoms with Crippen molar-refractivity contribution in [1.82, 2.24) is 9.97 Å². The Bertz CT molecular complexity index is 657. The number of nitrogens with one attached hydrogen (secondary N) is 1. The molecule has 0 unspecified atom stereocenters. The first-order valence-electron chi connectivity index (χ1n) is 6.14. The molecule has 0 aliphatic rings. The Kier molecular flexibility index (Phi) is 4.19. The molecule has 0 radical (unpaired) electrons. The first kappa shape index (κ1) is 14.3. The van der Waals surface area contributed by atoms with Gasteiger partial charge in [-0.2, -0.15) is 0 Å². The van der Waals surface area contributed by atoms with E-state index in [4.69, 9.17) is 0 Å². The van der Waals surface area contributed by atoms with Crippen molar-refractivity contribution in [3.63, 3.8) is 0 Å². The van der Waals surface area contributed by atoms with Crippen LogP contribution in [0.5, 0.6) is 0 Å². The fourth-order valence-electron chi connectivity index (χ4n) is 1.67. The number of anilines is 2. The van der Waals surface area contributed by atoms with E-state index in [0.717, 1.165) is 6.54 Å². The van der Waals surface area contributed by atoms with Gasteiger partial charge in [0, 0.05) is 32.2 Å². The zero-order valence-electron chi connectivity index (χ0n) is 11.3. The molecule has 0 aliphatic carbocycles. The number of pyridine rings is 2. The van der Waals surface area contributed by atoms with Crippen LogP contribution in [-0.4, -0.2) is 32.0 Å². The molecule has 0 bridgehead atoms. The Hall–Kier alpha value is -2.15. The summed E-state index contributed by atoms with van der Waals surface area (Å²) in [6.45, 7) is 2.68. The van der Waals surface area contributed by atoms with E-state index in [1.54, 1.807) is 30.6 Å². The average molecular weight is 292 g/mol. The predicted octanol–water partition coefficient (Wildman–Crippen LogP) is 1.73. The van der Waals surface area contributed by atoms with Crippen LogP contribution in [0.4, 0.5) is 11.5 Å². The molecule has 0 saturated carbocycles. The molecule has 106 valence electrons. The van der Waals surface area contributed by atoms with Gasteiger partial charge in [-0.1, -0.05) is 0 Å². The molecule has 6 nitrogen and oxygen atoms in total. The third-order valence-corrected chi connectivity index (χ3v) is 4.55. The molecule has 0 atom stereocenters. The van der Waals surface area contributed by atoms with Gasteiger partial charge in [-0.15, -0.1) is 0 Å². The molecule has 0 fully saturated rings. The minimum Gasteiger partial charge on any atom is -0.370 e. The third-order valence-electron chi connectivity index (χ3n) is 2.78. The molecule has 2 heterocycles. The van der Waals surface area contributed by atoms with Crippen LogP contribution >= 0.6 is 0 Å². The number of rotatable bonds is 5. The molecule has 0 aromatic carbocycles. The standard InChI is InChI=1S/C13H16N4O2S/c1-3-15-13-5-4-12(10-16-13)20(18,19)17(2)11-6-8-14-9-7-11/h4-10H,3H2,1-2H3,(H,15,16). The smallest absolute Gasteiger partial charge is 0.265 e. The Labute approximate surface area is 118 Å². The normalized spacial score (nSPS) is 11.1. The Morgan fingerprint density at radius 3 is 2.45 bits per heavy atom. The molecular formula is C13H16N4O2S. The number of hydrogen-bond acceptors (Lipinski definition) is 5. The van der Waals surface area contributed by atoms with E-state index in [-0.39, 0.29) is 4.90 Å². The van der Waals surface area contributed by atoms with E-state index in [1.807, 2.05) is 6.92 Å². The zero-order valence-corrected chi connectivity index (χ0v) is 12.1. The predicted molar refractivity (Wildman–Crippen MR) is 78.2 cm³/mol. The lowest BCUT2D eigenvalue weighted by molar-refractivity contribution is 0.594. The van der Waals surface area contributed by atoms with Crippen molar-refractivity contribution in [2.75, 3.05) is 23.2 Å². The fourth-order valence-corrected chi connectivity index (χ4v) is 2.81. The highest BCUT2D eigenvalue weighted by Gasteiger charge is 2.21. The summed E-state index contributed by atoms with van der Waals surface area (Å²) in [6, 6.07) is 6.46. The van der Waals surface area contributed by atoms with Crippen LogP contribution in [0.1, 0.15) is 6.92 Å². The Morgan fingerprint density at radius 2 is 1.90 bits per heavy atom. The molecule has 0 amide bonds. The monoisotopic (exact) mass is 292 g/mol. The van der Waals surface area contributed by atoms with Gasteiger partial charge in [-0.05, 0) is 31.2 Å². The fraction of sp³-hybridized carbons (Fsp3) is 0.231. The van der Waals surface area contributed by atoms with Gasteiger partial charge in [0.1, 0.15) is 10.7 Å². The summed E-state index contributed by atoms with van der Waals surface area (Å²) in [6.07, 6.45) is 4.45. The van der Waals surface area contributed by atoms with Gasteiger partial charge in [0.15, 0.2) is 0 Å². The highest BCUT2D eigenvalue weighted by molar-refractivity contribution is 7.92. The quantitative estimate of drug-likeness (QED) is 0.908. The first-order valence-corrected chi connectivity index (χ1v) is 7.58. The minimum atomic E-state index is -3.61. The Balaban J connectivity index is 2.30. The van der Waals surface area contributed by atoms with E-state index in [1.165, 1.54) is 23.6 Å². The van der Waals surface area contributed by atoms with E-state index >= 15 is 0 Å². The summed E-state index contributed by atoms with van der Waals surface area (Å²) in [5, 5.41) is 3.02. The molecule has 2 aromatic rings. The van der Waals surface area contributed by atoms with Crippen LogP contribution in [-0.2, 0) is 10.0 Å². The van der Waals surface area contributed by atoms with Crippen molar-refractivity contribution in [2.45, 2.75) is 11.8 Å². The molecular weight excluding hydrogens is 276 g/mol. The van der Waals surface area contributed by atoms with Crippen LogP contribution in [0.2, 0.25) is 0 Å². The molecule has 7 heteroatoms. The van der Waals surface area contributed by atoms with Crippen LogP contribution < -0.4 is 9.62 Å². The summed E-state index contributed by atoms with van der Waals surface area (Å²) in [4.78, 5) is 8.11. The van der Waals surface area contributed by atoms with E-state index in [0.29, 0.717) is 11.5 Å². The van der Waals surface area contributed by atoms with Gasteiger partial charge in [-0.3, -0.25) is 9.29 Å². The van der Waals surface area contributed by atoms with Crippen molar-refractivity contribution in [3.05, 3.63) is 42.9 Å². The average Bonchev–Trinajstić information content (AvgIpc) is 2.48. The number of sulfonamides is 1. The maximum atomic E-state index is 12.4. The lowest BCUT2D eigenvalue weighted by atomic mass is 10.4. The SMILES string of the molecule is CCNc1ccc(S(=O)(=O)N(C)c2ccncc2)cn1. The molecule has 2 rings (SSSR count).